The smallest absolute Gasteiger partial charge is 0.0587 e. The summed E-state index contributed by atoms with van der Waals surface area (Å²) in [4.78, 5) is 0. The zero-order valence-corrected chi connectivity index (χ0v) is 19.9. The monoisotopic (exact) mass is 516 g/mol. The van der Waals surface area contributed by atoms with Gasteiger partial charge in [-0.15, -0.1) is 0 Å². The molecular formula is C24H24Cl2O2Ru. The third-order valence-electron chi connectivity index (χ3n) is 4.28. The predicted octanol–water partition coefficient (Wildman–Crippen LogP) is 7.10. The molecule has 0 aliphatic rings. The van der Waals surface area contributed by atoms with E-state index in [1.807, 2.05) is 36.7 Å². The molecule has 0 saturated carbocycles. The van der Waals surface area contributed by atoms with Gasteiger partial charge in [0.2, 0.25) is 0 Å². The summed E-state index contributed by atoms with van der Waals surface area (Å²) in [6.45, 7) is 6.56. The van der Waals surface area contributed by atoms with E-state index in [2.05, 4.69) is 55.5 Å². The molecule has 0 bridgehead atoms. The molecule has 0 amide bonds. The topological polar surface area (TPSA) is 18.5 Å². The van der Waals surface area contributed by atoms with Crippen LogP contribution in [0, 0.1) is 6.92 Å². The summed E-state index contributed by atoms with van der Waals surface area (Å²) in [5, 5.41) is 0. The fourth-order valence-corrected chi connectivity index (χ4v) is 4.63. The first-order chi connectivity index (χ1) is 13.9. The zero-order chi connectivity index (χ0) is 20.8. The van der Waals surface area contributed by atoms with Crippen molar-refractivity contribution in [1.29, 1.82) is 0 Å². The van der Waals surface area contributed by atoms with E-state index in [9.17, 15) is 0 Å². The Bertz CT molecular complexity index is 977. The number of hydrogen-bond donors (Lipinski definition) is 0. The number of benzene rings is 3. The van der Waals surface area contributed by atoms with Gasteiger partial charge in [-0.25, -0.2) is 0 Å². The quantitative estimate of drug-likeness (QED) is 0.312. The van der Waals surface area contributed by atoms with Gasteiger partial charge in [-0.3, -0.25) is 0 Å². The first kappa shape index (κ1) is 22.0. The Kier molecular flexibility index (Phi) is 7.89. The summed E-state index contributed by atoms with van der Waals surface area (Å²) in [7, 11) is 12.2. The van der Waals surface area contributed by atoms with E-state index in [4.69, 9.17) is 28.9 Å². The van der Waals surface area contributed by atoms with Crippen molar-refractivity contribution >= 4 is 24.0 Å². The summed E-state index contributed by atoms with van der Waals surface area (Å²) in [6, 6.07) is 22.7. The minimum Gasteiger partial charge on any atom is -0.0587 e. The number of hydrogen-bond acceptors (Lipinski definition) is 2. The normalized spacial score (nSPS) is 11.3. The van der Waals surface area contributed by atoms with Gasteiger partial charge in [-0.1, -0.05) is 17.7 Å². The Labute approximate surface area is 185 Å². The molecule has 0 spiro atoms. The fourth-order valence-electron chi connectivity index (χ4n) is 2.85. The van der Waals surface area contributed by atoms with Crippen LogP contribution in [0.15, 0.2) is 66.7 Å². The van der Waals surface area contributed by atoms with E-state index in [0.717, 1.165) is 22.6 Å². The molecule has 0 N–H and O–H groups in total. The van der Waals surface area contributed by atoms with E-state index in [0.29, 0.717) is 6.61 Å². The number of ether oxygens (including phenoxy) is 2. The van der Waals surface area contributed by atoms with E-state index in [1.54, 1.807) is 0 Å². The van der Waals surface area contributed by atoms with E-state index in [1.165, 1.54) is 16.7 Å². The van der Waals surface area contributed by atoms with Crippen LogP contribution in [0.3, 0.4) is 0 Å². The minimum atomic E-state index is -1.97. The minimum absolute atomic E-state index is 0.0762. The Morgan fingerprint density at radius 3 is 2.10 bits per heavy atom. The van der Waals surface area contributed by atoms with Crippen molar-refractivity contribution in [2.24, 2.45) is 0 Å². The molecule has 0 aliphatic carbocycles. The Morgan fingerprint density at radius 1 is 0.897 bits per heavy atom. The second-order valence-electron chi connectivity index (χ2n) is 7.02. The van der Waals surface area contributed by atoms with Crippen molar-refractivity contribution in [3.63, 3.8) is 0 Å². The zero-order valence-electron chi connectivity index (χ0n) is 16.6. The van der Waals surface area contributed by atoms with Crippen LogP contribution < -0.4 is 9.47 Å². The van der Waals surface area contributed by atoms with E-state index >= 15 is 0 Å². The second kappa shape index (κ2) is 10.4. The molecule has 3 rings (SSSR count). The van der Waals surface area contributed by atoms with Crippen LogP contribution in [0.2, 0.25) is 0 Å². The molecule has 5 heteroatoms. The van der Waals surface area contributed by atoms with Crippen molar-refractivity contribution in [2.45, 2.75) is 33.5 Å². The summed E-state index contributed by atoms with van der Waals surface area (Å²) in [5.74, 6) is 1.54. The average Bonchev–Trinajstić information content (AvgIpc) is 2.68. The first-order valence-corrected chi connectivity index (χ1v) is 14.8. The van der Waals surface area contributed by atoms with Crippen LogP contribution in [0.4, 0.5) is 0 Å². The first-order valence-electron chi connectivity index (χ1n) is 9.33. The van der Waals surface area contributed by atoms with Gasteiger partial charge in [-0.05, 0) is 6.92 Å². The van der Waals surface area contributed by atoms with Gasteiger partial charge < -0.3 is 0 Å². The number of halogens is 2. The van der Waals surface area contributed by atoms with Crippen molar-refractivity contribution < 1.29 is 23.0 Å². The van der Waals surface area contributed by atoms with E-state index in [-0.39, 0.29) is 6.10 Å². The van der Waals surface area contributed by atoms with Crippen LogP contribution in [-0.4, -0.2) is 10.7 Å². The molecule has 0 unspecified atom stereocenters. The standard InChI is InChI=1S/C24H24O2.2ClH.Ru/c1-17(2)26-24-14-13-23(15-19(24)4)25-16-20-7-11-22(12-8-20)21-9-5-18(3)6-10-21;;;/h4-15,17H,16H2,1-3H3;2*1H;/q;;;+2/p-2. The molecule has 3 aromatic rings. The molecular weight excluding hydrogens is 492 g/mol. The molecule has 154 valence electrons. The summed E-state index contributed by atoms with van der Waals surface area (Å²) in [6.07, 6.45) is 0.0762. The number of aryl methyl sites for hydroxylation is 1. The van der Waals surface area contributed by atoms with Gasteiger partial charge >= 0.3 is 162 Å². The Hall–Kier alpha value is -1.67. The molecule has 0 heterocycles. The van der Waals surface area contributed by atoms with Crippen LogP contribution in [-0.2, 0) is 20.1 Å². The molecule has 0 saturated heterocycles. The maximum atomic E-state index is 6.08. The Morgan fingerprint density at radius 2 is 1.52 bits per heavy atom. The molecule has 29 heavy (non-hydrogen) atoms. The second-order valence-corrected chi connectivity index (χ2v) is 12.7. The van der Waals surface area contributed by atoms with E-state index < -0.39 is 13.5 Å². The molecule has 3 aromatic carbocycles. The van der Waals surface area contributed by atoms with Crippen LogP contribution in [0.1, 0.15) is 30.5 Å². The third-order valence-corrected chi connectivity index (χ3v) is 6.11. The van der Waals surface area contributed by atoms with Crippen molar-refractivity contribution in [2.75, 3.05) is 0 Å². The average molecular weight is 516 g/mol. The van der Waals surface area contributed by atoms with Gasteiger partial charge in [0.1, 0.15) is 0 Å². The van der Waals surface area contributed by atoms with Gasteiger partial charge in [0.25, 0.3) is 0 Å². The Balaban J connectivity index is 1.70. The number of rotatable bonds is 7. The van der Waals surface area contributed by atoms with Crippen LogP contribution in [0.5, 0.6) is 11.5 Å². The SMILES string of the molecule is Cc1ccc(-c2ccc(COc3ccc(OC(C)C)c([CH]=[Ru]([Cl])[Cl])c3)cc2)cc1. The van der Waals surface area contributed by atoms with Gasteiger partial charge in [-0.2, -0.15) is 0 Å². The predicted molar refractivity (Wildman–Crippen MR) is 120 cm³/mol. The summed E-state index contributed by atoms with van der Waals surface area (Å²) >= 11 is -1.97. The molecule has 0 radical (unpaired) electrons. The summed E-state index contributed by atoms with van der Waals surface area (Å²) < 4.78 is 13.7. The molecule has 0 fully saturated rings. The van der Waals surface area contributed by atoms with Crippen LogP contribution >= 0.6 is 19.4 Å². The third kappa shape index (κ3) is 6.67. The maximum absolute atomic E-state index is 6.08. The van der Waals surface area contributed by atoms with Crippen LogP contribution in [0.25, 0.3) is 11.1 Å². The van der Waals surface area contributed by atoms with Gasteiger partial charge in [0.15, 0.2) is 0 Å². The molecule has 0 aromatic heterocycles. The fraction of sp³-hybridized carbons (Fsp3) is 0.208. The molecule has 0 aliphatic heterocycles. The van der Waals surface area contributed by atoms with Crippen molar-refractivity contribution in [3.05, 3.63) is 83.4 Å². The van der Waals surface area contributed by atoms with Gasteiger partial charge in [0, 0.05) is 0 Å². The molecule has 2 nitrogen and oxygen atoms in total. The van der Waals surface area contributed by atoms with Crippen molar-refractivity contribution in [1.82, 2.24) is 0 Å². The van der Waals surface area contributed by atoms with Crippen molar-refractivity contribution in [3.8, 4) is 22.6 Å². The summed E-state index contributed by atoms with van der Waals surface area (Å²) in [5.41, 5.74) is 5.66. The molecule has 0 atom stereocenters. The van der Waals surface area contributed by atoms with Gasteiger partial charge in [0.05, 0.1) is 0 Å².